The summed E-state index contributed by atoms with van der Waals surface area (Å²) in [6, 6.07) is 13.4. The lowest BCUT2D eigenvalue weighted by Gasteiger charge is -2.20. The van der Waals surface area contributed by atoms with E-state index >= 15 is 0 Å². The molecule has 0 saturated heterocycles. The van der Waals surface area contributed by atoms with Crippen molar-refractivity contribution in [3.05, 3.63) is 66.0 Å². The van der Waals surface area contributed by atoms with E-state index in [0.29, 0.717) is 17.0 Å². The highest BCUT2D eigenvalue weighted by Gasteiger charge is 2.22. The van der Waals surface area contributed by atoms with Crippen LogP contribution < -0.4 is 10.0 Å². The minimum absolute atomic E-state index is 0.0926. The zero-order valence-corrected chi connectivity index (χ0v) is 18.5. The molecule has 0 unspecified atom stereocenters. The van der Waals surface area contributed by atoms with Gasteiger partial charge in [0.25, 0.3) is 5.91 Å². The number of rotatable bonds is 7. The first-order valence-electron chi connectivity index (χ1n) is 9.15. The number of H-pyrrole nitrogens is 1. The molecule has 0 atom stereocenters. The number of nitrogens with one attached hydrogen (secondary N) is 3. The molecule has 0 saturated carbocycles. The fraction of sp³-hybridized carbons (Fsp3) is 0.250. The van der Waals surface area contributed by atoms with Crippen LogP contribution in [0.15, 0.2) is 64.9 Å². The van der Waals surface area contributed by atoms with Crippen LogP contribution in [0.5, 0.6) is 0 Å². The van der Waals surface area contributed by atoms with E-state index in [1.54, 1.807) is 45.0 Å². The van der Waals surface area contributed by atoms with E-state index in [2.05, 4.69) is 25.2 Å². The van der Waals surface area contributed by atoms with Crippen LogP contribution in [0.3, 0.4) is 0 Å². The third-order valence-electron chi connectivity index (χ3n) is 3.83. The van der Waals surface area contributed by atoms with Crippen LogP contribution in [0.2, 0.25) is 0 Å². The van der Waals surface area contributed by atoms with Gasteiger partial charge in [-0.15, -0.1) is 0 Å². The highest BCUT2D eigenvalue weighted by molar-refractivity contribution is 7.98. The molecule has 0 aliphatic rings. The highest BCUT2D eigenvalue weighted by Crippen LogP contribution is 2.20. The van der Waals surface area contributed by atoms with Gasteiger partial charge in [-0.1, -0.05) is 30.0 Å². The Morgan fingerprint density at radius 2 is 1.87 bits per heavy atom. The van der Waals surface area contributed by atoms with E-state index in [1.807, 2.05) is 12.1 Å². The fourth-order valence-electron chi connectivity index (χ4n) is 2.57. The number of aromatic amines is 1. The fourth-order valence-corrected chi connectivity index (χ4v) is 4.77. The summed E-state index contributed by atoms with van der Waals surface area (Å²) in [4.78, 5) is 16.7. The third-order valence-corrected chi connectivity index (χ3v) is 6.53. The summed E-state index contributed by atoms with van der Waals surface area (Å²) in [5, 5.41) is 10.1. The number of benzene rings is 2. The second-order valence-corrected chi connectivity index (χ2v) is 10.3. The maximum absolute atomic E-state index is 12.6. The summed E-state index contributed by atoms with van der Waals surface area (Å²) in [6.07, 6.45) is 1.45. The number of aromatic nitrogens is 3. The van der Waals surface area contributed by atoms with Gasteiger partial charge >= 0.3 is 0 Å². The second-order valence-electron chi connectivity index (χ2n) is 7.61. The molecule has 10 heteroatoms. The Hall–Kier alpha value is -2.69. The Morgan fingerprint density at radius 1 is 1.13 bits per heavy atom. The van der Waals surface area contributed by atoms with Crippen LogP contribution in [0.1, 0.15) is 36.7 Å². The van der Waals surface area contributed by atoms with Gasteiger partial charge in [-0.2, -0.15) is 5.10 Å². The SMILES string of the molecule is CC(C)(C)NS(=O)(=O)c1cccc(NC(=O)c2ccc(CSc3ncn[nH]3)cc2)c1. The van der Waals surface area contributed by atoms with Crippen molar-refractivity contribution in [3.63, 3.8) is 0 Å². The second kappa shape index (κ2) is 8.99. The topological polar surface area (TPSA) is 117 Å². The molecule has 1 aromatic heterocycles. The Balaban J connectivity index is 1.66. The van der Waals surface area contributed by atoms with Crippen molar-refractivity contribution in [2.45, 2.75) is 42.1 Å². The smallest absolute Gasteiger partial charge is 0.255 e. The van der Waals surface area contributed by atoms with Crippen molar-refractivity contribution in [2.75, 3.05) is 5.32 Å². The average molecular weight is 446 g/mol. The number of sulfonamides is 1. The minimum Gasteiger partial charge on any atom is -0.322 e. The number of amides is 1. The third kappa shape index (κ3) is 6.15. The first-order valence-corrected chi connectivity index (χ1v) is 11.6. The van der Waals surface area contributed by atoms with Crippen LogP contribution in [-0.2, 0) is 15.8 Å². The summed E-state index contributed by atoms with van der Waals surface area (Å²) in [6.45, 7) is 5.30. The lowest BCUT2D eigenvalue weighted by molar-refractivity contribution is 0.102. The number of carbonyl (C=O) groups excluding carboxylic acids is 1. The molecule has 8 nitrogen and oxygen atoms in total. The molecule has 1 heterocycles. The molecule has 0 aliphatic heterocycles. The van der Waals surface area contributed by atoms with Gasteiger partial charge in [-0.05, 0) is 56.7 Å². The van der Waals surface area contributed by atoms with E-state index in [9.17, 15) is 13.2 Å². The Bertz CT molecular complexity index is 1110. The molecule has 3 rings (SSSR count). The van der Waals surface area contributed by atoms with Gasteiger partial charge in [0.1, 0.15) is 6.33 Å². The van der Waals surface area contributed by atoms with Crippen LogP contribution in [0.4, 0.5) is 5.69 Å². The van der Waals surface area contributed by atoms with Crippen molar-refractivity contribution < 1.29 is 13.2 Å². The lowest BCUT2D eigenvalue weighted by atomic mass is 10.1. The number of hydrogen-bond donors (Lipinski definition) is 3. The van der Waals surface area contributed by atoms with Crippen LogP contribution >= 0.6 is 11.8 Å². The monoisotopic (exact) mass is 445 g/mol. The number of hydrogen-bond acceptors (Lipinski definition) is 6. The zero-order chi connectivity index (χ0) is 21.8. The molecule has 30 heavy (non-hydrogen) atoms. The first kappa shape index (κ1) is 22.0. The average Bonchev–Trinajstić information content (AvgIpc) is 3.19. The number of nitrogens with zero attached hydrogens (tertiary/aromatic N) is 2. The zero-order valence-electron chi connectivity index (χ0n) is 16.8. The summed E-state index contributed by atoms with van der Waals surface area (Å²) in [5.74, 6) is 0.375. The van der Waals surface area contributed by atoms with E-state index < -0.39 is 15.6 Å². The normalized spacial score (nSPS) is 12.0. The number of thioether (sulfide) groups is 1. The van der Waals surface area contributed by atoms with Crippen molar-refractivity contribution in [1.29, 1.82) is 0 Å². The van der Waals surface area contributed by atoms with E-state index in [0.717, 1.165) is 10.7 Å². The number of carbonyl (C=O) groups is 1. The molecule has 3 aromatic rings. The highest BCUT2D eigenvalue weighted by atomic mass is 32.2. The van der Waals surface area contributed by atoms with Gasteiger partial charge in [0.2, 0.25) is 10.0 Å². The minimum atomic E-state index is -3.69. The predicted octanol–water partition coefficient (Wildman–Crippen LogP) is 3.43. The summed E-state index contributed by atoms with van der Waals surface area (Å²) < 4.78 is 27.6. The van der Waals surface area contributed by atoms with Gasteiger partial charge in [0.15, 0.2) is 5.16 Å². The van der Waals surface area contributed by atoms with Gasteiger partial charge in [0.05, 0.1) is 4.90 Å². The lowest BCUT2D eigenvalue weighted by Crippen LogP contribution is -2.40. The molecule has 158 valence electrons. The molecule has 0 bridgehead atoms. The molecule has 0 radical (unpaired) electrons. The van der Waals surface area contributed by atoms with Crippen molar-refractivity contribution in [2.24, 2.45) is 0 Å². The van der Waals surface area contributed by atoms with E-state index in [4.69, 9.17) is 0 Å². The van der Waals surface area contributed by atoms with Crippen molar-refractivity contribution >= 4 is 33.4 Å². The molecule has 0 aliphatic carbocycles. The predicted molar refractivity (Wildman–Crippen MR) is 117 cm³/mol. The molecule has 0 fully saturated rings. The van der Waals surface area contributed by atoms with Crippen LogP contribution in [-0.4, -0.2) is 35.0 Å². The standard InChI is InChI=1S/C20H23N5O3S2/c1-20(2,3)25-30(27,28)17-6-4-5-16(11-17)23-18(26)15-9-7-14(8-10-15)12-29-19-21-13-22-24-19/h4-11,13,25H,12H2,1-3H3,(H,23,26)(H,21,22,24). The van der Waals surface area contributed by atoms with E-state index in [1.165, 1.54) is 30.2 Å². The van der Waals surface area contributed by atoms with E-state index in [-0.39, 0.29) is 10.8 Å². The Kier molecular flexibility index (Phi) is 6.59. The largest absolute Gasteiger partial charge is 0.322 e. The van der Waals surface area contributed by atoms with Crippen LogP contribution in [0.25, 0.3) is 0 Å². The maximum atomic E-state index is 12.6. The molecular weight excluding hydrogens is 422 g/mol. The van der Waals surface area contributed by atoms with Crippen LogP contribution in [0, 0.1) is 0 Å². The van der Waals surface area contributed by atoms with Gasteiger partial charge in [-0.25, -0.2) is 18.1 Å². The molecule has 3 N–H and O–H groups in total. The van der Waals surface area contributed by atoms with Crippen molar-refractivity contribution in [3.8, 4) is 0 Å². The van der Waals surface area contributed by atoms with Gasteiger partial charge in [0, 0.05) is 22.5 Å². The Labute approximate surface area is 179 Å². The molecule has 0 spiro atoms. The molecule has 2 aromatic carbocycles. The molecular formula is C20H23N5O3S2. The summed E-state index contributed by atoms with van der Waals surface area (Å²) in [7, 11) is -3.69. The summed E-state index contributed by atoms with van der Waals surface area (Å²) in [5.41, 5.74) is 1.31. The van der Waals surface area contributed by atoms with Gasteiger partial charge < -0.3 is 5.32 Å². The maximum Gasteiger partial charge on any atom is 0.255 e. The first-order chi connectivity index (χ1) is 14.1. The molecule has 1 amide bonds. The quantitative estimate of drug-likeness (QED) is 0.480. The number of anilines is 1. The van der Waals surface area contributed by atoms with Gasteiger partial charge in [-0.3, -0.25) is 9.89 Å². The Morgan fingerprint density at radius 3 is 2.50 bits per heavy atom. The van der Waals surface area contributed by atoms with Crippen molar-refractivity contribution in [1.82, 2.24) is 19.9 Å². The summed E-state index contributed by atoms with van der Waals surface area (Å²) >= 11 is 1.51.